The second-order valence-electron chi connectivity index (χ2n) is 5.16. The standard InChI is InChI=1S/C14H20N4O3/c1-2-10-6-3-4-9-17(10)14(19)11-7-5-8-12(16-15)13(11)18(20)21/h5,7-8,10,16H,2-4,6,9,15H2,1H3. The molecular formula is C14H20N4O3. The lowest BCUT2D eigenvalue weighted by Crippen LogP contribution is -2.43. The van der Waals surface area contributed by atoms with Crippen molar-refractivity contribution in [2.45, 2.75) is 38.6 Å². The van der Waals surface area contributed by atoms with Gasteiger partial charge in [0.25, 0.3) is 5.91 Å². The Balaban J connectivity index is 2.40. The molecule has 21 heavy (non-hydrogen) atoms. The lowest BCUT2D eigenvalue weighted by Gasteiger charge is -2.35. The molecule has 1 aliphatic heterocycles. The number of benzene rings is 1. The molecule has 114 valence electrons. The summed E-state index contributed by atoms with van der Waals surface area (Å²) in [5.41, 5.74) is 2.27. The summed E-state index contributed by atoms with van der Waals surface area (Å²) in [5, 5.41) is 11.3. The number of carbonyl (C=O) groups is 1. The minimum Gasteiger partial charge on any atom is -0.335 e. The number of piperidine rings is 1. The van der Waals surface area contributed by atoms with E-state index in [0.29, 0.717) is 6.54 Å². The van der Waals surface area contributed by atoms with Crippen LogP contribution in [0.1, 0.15) is 43.0 Å². The third-order valence-electron chi connectivity index (χ3n) is 3.96. The Labute approximate surface area is 123 Å². The summed E-state index contributed by atoms with van der Waals surface area (Å²) >= 11 is 0. The van der Waals surface area contributed by atoms with E-state index in [2.05, 4.69) is 5.43 Å². The number of nitro groups is 1. The maximum absolute atomic E-state index is 12.7. The van der Waals surface area contributed by atoms with Gasteiger partial charge in [0.1, 0.15) is 11.3 Å². The van der Waals surface area contributed by atoms with Crippen molar-refractivity contribution in [3.8, 4) is 0 Å². The van der Waals surface area contributed by atoms with Gasteiger partial charge in [-0.3, -0.25) is 20.8 Å². The first-order chi connectivity index (χ1) is 10.1. The number of anilines is 1. The van der Waals surface area contributed by atoms with Crippen molar-refractivity contribution in [2.75, 3.05) is 12.0 Å². The van der Waals surface area contributed by atoms with Crippen LogP contribution in [0.5, 0.6) is 0 Å². The molecule has 1 amide bonds. The van der Waals surface area contributed by atoms with Gasteiger partial charge in [-0.25, -0.2) is 0 Å². The van der Waals surface area contributed by atoms with E-state index in [-0.39, 0.29) is 28.9 Å². The van der Waals surface area contributed by atoms with Crippen LogP contribution in [0.15, 0.2) is 18.2 Å². The molecule has 0 saturated carbocycles. The summed E-state index contributed by atoms with van der Waals surface area (Å²) in [6.45, 7) is 2.68. The summed E-state index contributed by atoms with van der Waals surface area (Å²) in [6, 6.07) is 4.73. The highest BCUT2D eigenvalue weighted by molar-refractivity contribution is 6.00. The van der Waals surface area contributed by atoms with Gasteiger partial charge in [0.15, 0.2) is 0 Å². The topological polar surface area (TPSA) is 102 Å². The van der Waals surface area contributed by atoms with Gasteiger partial charge < -0.3 is 10.3 Å². The minimum absolute atomic E-state index is 0.0933. The van der Waals surface area contributed by atoms with Gasteiger partial charge in [-0.2, -0.15) is 0 Å². The Hall–Kier alpha value is -2.15. The number of nitrogens with one attached hydrogen (secondary N) is 1. The van der Waals surface area contributed by atoms with Crippen LogP contribution in [-0.4, -0.2) is 28.3 Å². The van der Waals surface area contributed by atoms with E-state index in [1.807, 2.05) is 6.92 Å². The summed E-state index contributed by atoms with van der Waals surface area (Å²) < 4.78 is 0. The second-order valence-corrected chi connectivity index (χ2v) is 5.16. The number of nitro benzene ring substituents is 1. The predicted octanol–water partition coefficient (Wildman–Crippen LogP) is 2.29. The number of para-hydroxylation sites is 1. The first kappa shape index (κ1) is 15.2. The molecule has 1 heterocycles. The van der Waals surface area contributed by atoms with Crippen LogP contribution in [0.25, 0.3) is 0 Å². The summed E-state index contributed by atoms with van der Waals surface area (Å²) in [4.78, 5) is 25.2. The summed E-state index contributed by atoms with van der Waals surface area (Å²) in [6.07, 6.45) is 3.83. The number of likely N-dealkylation sites (tertiary alicyclic amines) is 1. The molecule has 1 saturated heterocycles. The number of carbonyl (C=O) groups excluding carboxylic acids is 1. The summed E-state index contributed by atoms with van der Waals surface area (Å²) in [7, 11) is 0. The number of rotatable bonds is 4. The molecule has 1 unspecified atom stereocenters. The first-order valence-corrected chi connectivity index (χ1v) is 7.15. The van der Waals surface area contributed by atoms with Gasteiger partial charge in [0, 0.05) is 12.6 Å². The zero-order valence-electron chi connectivity index (χ0n) is 12.0. The Morgan fingerprint density at radius 3 is 2.90 bits per heavy atom. The zero-order chi connectivity index (χ0) is 15.4. The van der Waals surface area contributed by atoms with Gasteiger partial charge in [-0.15, -0.1) is 0 Å². The van der Waals surface area contributed by atoms with Crippen molar-refractivity contribution in [3.05, 3.63) is 33.9 Å². The Morgan fingerprint density at radius 1 is 1.52 bits per heavy atom. The van der Waals surface area contributed by atoms with Crippen molar-refractivity contribution in [1.29, 1.82) is 0 Å². The smallest absolute Gasteiger partial charge is 0.306 e. The molecule has 3 N–H and O–H groups in total. The van der Waals surface area contributed by atoms with Crippen LogP contribution in [0.4, 0.5) is 11.4 Å². The quantitative estimate of drug-likeness (QED) is 0.503. The number of amides is 1. The molecule has 1 aliphatic rings. The van der Waals surface area contributed by atoms with Gasteiger partial charge in [0.2, 0.25) is 0 Å². The van der Waals surface area contributed by atoms with Crippen LogP contribution in [0, 0.1) is 10.1 Å². The molecule has 0 aliphatic carbocycles. The number of nitrogens with zero attached hydrogens (tertiary/aromatic N) is 2. The highest BCUT2D eigenvalue weighted by Gasteiger charge is 2.31. The lowest BCUT2D eigenvalue weighted by atomic mass is 9.98. The van der Waals surface area contributed by atoms with E-state index in [9.17, 15) is 14.9 Å². The maximum atomic E-state index is 12.7. The van der Waals surface area contributed by atoms with E-state index in [4.69, 9.17) is 5.84 Å². The number of hydrazine groups is 1. The van der Waals surface area contributed by atoms with Crippen LogP contribution >= 0.6 is 0 Å². The average Bonchev–Trinajstić information content (AvgIpc) is 2.53. The van der Waals surface area contributed by atoms with Crippen molar-refractivity contribution in [1.82, 2.24) is 4.90 Å². The van der Waals surface area contributed by atoms with E-state index in [0.717, 1.165) is 25.7 Å². The highest BCUT2D eigenvalue weighted by atomic mass is 16.6. The lowest BCUT2D eigenvalue weighted by molar-refractivity contribution is -0.384. The third kappa shape index (κ3) is 2.97. The molecule has 7 nitrogen and oxygen atoms in total. The fourth-order valence-electron chi connectivity index (χ4n) is 2.88. The van der Waals surface area contributed by atoms with E-state index in [1.165, 1.54) is 12.1 Å². The maximum Gasteiger partial charge on any atom is 0.306 e. The largest absolute Gasteiger partial charge is 0.335 e. The molecule has 1 aromatic carbocycles. The monoisotopic (exact) mass is 292 g/mol. The van der Waals surface area contributed by atoms with Crippen molar-refractivity contribution in [2.24, 2.45) is 5.84 Å². The molecule has 2 rings (SSSR count). The molecular weight excluding hydrogens is 272 g/mol. The zero-order valence-corrected chi connectivity index (χ0v) is 12.0. The molecule has 7 heteroatoms. The molecule has 1 atom stereocenters. The highest BCUT2D eigenvalue weighted by Crippen LogP contribution is 2.31. The average molecular weight is 292 g/mol. The fourth-order valence-corrected chi connectivity index (χ4v) is 2.88. The molecule has 0 radical (unpaired) electrons. The SMILES string of the molecule is CCC1CCCCN1C(=O)c1cccc(NN)c1[N+](=O)[O-]. The van der Waals surface area contributed by atoms with Crippen molar-refractivity contribution < 1.29 is 9.72 Å². The molecule has 1 fully saturated rings. The number of hydrogen-bond donors (Lipinski definition) is 2. The minimum atomic E-state index is -0.562. The van der Waals surface area contributed by atoms with Crippen molar-refractivity contribution >= 4 is 17.3 Å². The van der Waals surface area contributed by atoms with E-state index < -0.39 is 4.92 Å². The van der Waals surface area contributed by atoms with Crippen LogP contribution < -0.4 is 11.3 Å². The van der Waals surface area contributed by atoms with Gasteiger partial charge in [0.05, 0.1) is 4.92 Å². The molecule has 1 aromatic rings. The number of nitrogens with two attached hydrogens (primary N) is 1. The Morgan fingerprint density at radius 2 is 2.29 bits per heavy atom. The third-order valence-corrected chi connectivity index (χ3v) is 3.96. The fraction of sp³-hybridized carbons (Fsp3) is 0.500. The molecule has 0 aromatic heterocycles. The predicted molar refractivity (Wildman–Crippen MR) is 79.9 cm³/mol. The van der Waals surface area contributed by atoms with Crippen LogP contribution in [-0.2, 0) is 0 Å². The van der Waals surface area contributed by atoms with Crippen molar-refractivity contribution in [3.63, 3.8) is 0 Å². The normalized spacial score (nSPS) is 18.4. The van der Waals surface area contributed by atoms with Crippen LogP contribution in [0.3, 0.4) is 0 Å². The van der Waals surface area contributed by atoms with Crippen LogP contribution in [0.2, 0.25) is 0 Å². The summed E-state index contributed by atoms with van der Waals surface area (Å²) in [5.74, 6) is 5.02. The second kappa shape index (κ2) is 6.53. The van der Waals surface area contributed by atoms with Gasteiger partial charge in [-0.1, -0.05) is 13.0 Å². The molecule has 0 bridgehead atoms. The first-order valence-electron chi connectivity index (χ1n) is 7.15. The number of hydrogen-bond acceptors (Lipinski definition) is 5. The number of nitrogen functional groups attached to an aromatic ring is 1. The Bertz CT molecular complexity index is 547. The molecule has 0 spiro atoms. The van der Waals surface area contributed by atoms with Gasteiger partial charge >= 0.3 is 5.69 Å². The van der Waals surface area contributed by atoms with E-state index in [1.54, 1.807) is 11.0 Å². The Kier molecular flexibility index (Phi) is 4.74. The van der Waals surface area contributed by atoms with E-state index >= 15 is 0 Å². The van der Waals surface area contributed by atoms with Gasteiger partial charge in [-0.05, 0) is 37.8 Å².